The Morgan fingerprint density at radius 3 is 2.24 bits per heavy atom. The third-order valence-corrected chi connectivity index (χ3v) is 4.39. The van der Waals surface area contributed by atoms with Gasteiger partial charge >= 0.3 is 6.01 Å². The molecule has 0 atom stereocenters. The molecular formula is C18H27ClN4O2. The fourth-order valence-corrected chi connectivity index (χ4v) is 3.82. The van der Waals surface area contributed by atoms with Crippen LogP contribution >= 0.6 is 11.6 Å². The Bertz CT molecular complexity index is 616. The van der Waals surface area contributed by atoms with Crippen molar-refractivity contribution in [2.75, 3.05) is 18.1 Å². The minimum absolute atomic E-state index is 0.112. The molecule has 7 heteroatoms. The number of ether oxygens (including phenoxy) is 2. The van der Waals surface area contributed by atoms with Crippen molar-refractivity contribution in [2.45, 2.75) is 57.7 Å². The standard InChI is InChI=1S/C18H27ClN4O2/c1-7-9-24-13-11-17(3,4)23(18(5,6)12-13)15-20-14(19)21-16(22-15)25-10-8-2/h7-8,13H,1-2,9-12H2,3-6H3. The number of anilines is 1. The van der Waals surface area contributed by atoms with E-state index in [1.165, 1.54) is 0 Å². The molecule has 1 aromatic rings. The third kappa shape index (κ3) is 4.70. The molecule has 0 N–H and O–H groups in total. The van der Waals surface area contributed by atoms with Crippen LogP contribution in [-0.2, 0) is 4.74 Å². The van der Waals surface area contributed by atoms with Crippen LogP contribution in [0.1, 0.15) is 40.5 Å². The van der Waals surface area contributed by atoms with Gasteiger partial charge in [-0.3, -0.25) is 0 Å². The molecule has 138 valence electrons. The van der Waals surface area contributed by atoms with Gasteiger partial charge in [0.15, 0.2) is 0 Å². The molecule has 0 aliphatic carbocycles. The molecule has 2 heterocycles. The van der Waals surface area contributed by atoms with E-state index in [1.54, 1.807) is 12.2 Å². The molecule has 1 aromatic heterocycles. The van der Waals surface area contributed by atoms with Gasteiger partial charge in [0.1, 0.15) is 6.61 Å². The van der Waals surface area contributed by atoms with Gasteiger partial charge in [-0.15, -0.1) is 6.58 Å². The van der Waals surface area contributed by atoms with Crippen LogP contribution in [0.2, 0.25) is 5.28 Å². The van der Waals surface area contributed by atoms with Crippen molar-refractivity contribution >= 4 is 17.5 Å². The first kappa shape index (κ1) is 19.7. The summed E-state index contributed by atoms with van der Waals surface area (Å²) in [5.74, 6) is 0.510. The lowest BCUT2D eigenvalue weighted by Crippen LogP contribution is -2.63. The lowest BCUT2D eigenvalue weighted by atomic mass is 9.78. The first-order chi connectivity index (χ1) is 11.7. The van der Waals surface area contributed by atoms with E-state index in [1.807, 2.05) is 0 Å². The minimum atomic E-state index is -0.228. The molecule has 0 unspecified atom stereocenters. The van der Waals surface area contributed by atoms with Gasteiger partial charge < -0.3 is 14.4 Å². The summed E-state index contributed by atoms with van der Waals surface area (Å²) >= 11 is 6.10. The molecule has 1 saturated heterocycles. The van der Waals surface area contributed by atoms with Gasteiger partial charge in [0, 0.05) is 11.1 Å². The van der Waals surface area contributed by atoms with Crippen molar-refractivity contribution in [2.24, 2.45) is 0 Å². The summed E-state index contributed by atoms with van der Waals surface area (Å²) in [7, 11) is 0. The second kappa shape index (κ2) is 7.70. The van der Waals surface area contributed by atoms with Crippen LogP contribution in [0.15, 0.2) is 25.3 Å². The zero-order valence-corrected chi connectivity index (χ0v) is 16.2. The number of piperidine rings is 1. The summed E-state index contributed by atoms with van der Waals surface area (Å²) in [5.41, 5.74) is -0.456. The summed E-state index contributed by atoms with van der Waals surface area (Å²) in [6.07, 6.45) is 5.25. The fourth-order valence-electron chi connectivity index (χ4n) is 3.67. The van der Waals surface area contributed by atoms with Crippen LogP contribution in [0.3, 0.4) is 0 Å². The molecule has 1 aliphatic rings. The highest BCUT2D eigenvalue weighted by Gasteiger charge is 2.47. The molecule has 1 fully saturated rings. The summed E-state index contributed by atoms with van der Waals surface area (Å²) in [5, 5.41) is 0.112. The largest absolute Gasteiger partial charge is 0.459 e. The number of hydrogen-bond donors (Lipinski definition) is 0. The quantitative estimate of drug-likeness (QED) is 0.684. The Labute approximate surface area is 154 Å². The minimum Gasteiger partial charge on any atom is -0.459 e. The Morgan fingerprint density at radius 1 is 1.08 bits per heavy atom. The fraction of sp³-hybridized carbons (Fsp3) is 0.611. The Kier molecular flexibility index (Phi) is 6.06. The lowest BCUT2D eigenvalue weighted by molar-refractivity contribution is 0.00611. The van der Waals surface area contributed by atoms with E-state index in [9.17, 15) is 0 Å². The summed E-state index contributed by atoms with van der Waals surface area (Å²) in [6.45, 7) is 16.8. The van der Waals surface area contributed by atoms with Crippen LogP contribution in [0.25, 0.3) is 0 Å². The Morgan fingerprint density at radius 2 is 1.68 bits per heavy atom. The zero-order chi connectivity index (χ0) is 18.7. The third-order valence-electron chi connectivity index (χ3n) is 4.22. The van der Waals surface area contributed by atoms with Crippen molar-refractivity contribution in [1.29, 1.82) is 0 Å². The van der Waals surface area contributed by atoms with E-state index in [0.29, 0.717) is 19.2 Å². The molecule has 0 bridgehead atoms. The Hall–Kier alpha value is -1.66. The van der Waals surface area contributed by atoms with Crippen LogP contribution in [-0.4, -0.2) is 45.3 Å². The van der Waals surface area contributed by atoms with E-state index in [2.05, 4.69) is 60.7 Å². The molecule has 2 rings (SSSR count). The first-order valence-corrected chi connectivity index (χ1v) is 8.75. The maximum atomic E-state index is 6.10. The molecule has 0 spiro atoms. The highest BCUT2D eigenvalue weighted by atomic mass is 35.5. The Balaban J connectivity index is 2.35. The molecular weight excluding hydrogens is 340 g/mol. The number of aromatic nitrogens is 3. The number of nitrogens with zero attached hydrogens (tertiary/aromatic N) is 4. The van der Waals surface area contributed by atoms with Crippen molar-refractivity contribution in [1.82, 2.24) is 15.0 Å². The molecule has 0 radical (unpaired) electrons. The van der Waals surface area contributed by atoms with Crippen molar-refractivity contribution in [3.63, 3.8) is 0 Å². The van der Waals surface area contributed by atoms with Crippen molar-refractivity contribution < 1.29 is 9.47 Å². The summed E-state index contributed by atoms with van der Waals surface area (Å²) in [6, 6.07) is 0.200. The number of rotatable bonds is 7. The molecule has 25 heavy (non-hydrogen) atoms. The average molecular weight is 367 g/mol. The second-order valence-corrected chi connectivity index (χ2v) is 7.74. The average Bonchev–Trinajstić information content (AvgIpc) is 2.48. The summed E-state index contributed by atoms with van der Waals surface area (Å²) < 4.78 is 11.4. The second-order valence-electron chi connectivity index (χ2n) is 7.40. The van der Waals surface area contributed by atoms with Gasteiger partial charge in [-0.2, -0.15) is 15.0 Å². The van der Waals surface area contributed by atoms with Crippen LogP contribution in [0.4, 0.5) is 5.95 Å². The molecule has 6 nitrogen and oxygen atoms in total. The van der Waals surface area contributed by atoms with Gasteiger partial charge in [-0.05, 0) is 52.1 Å². The highest BCUT2D eigenvalue weighted by Crippen LogP contribution is 2.42. The van der Waals surface area contributed by atoms with E-state index in [0.717, 1.165) is 12.8 Å². The highest BCUT2D eigenvalue weighted by molar-refractivity contribution is 6.28. The van der Waals surface area contributed by atoms with E-state index < -0.39 is 0 Å². The van der Waals surface area contributed by atoms with Gasteiger partial charge in [0.2, 0.25) is 11.2 Å². The van der Waals surface area contributed by atoms with Gasteiger partial charge in [-0.25, -0.2) is 0 Å². The molecule has 0 saturated carbocycles. The SMILES string of the molecule is C=CCOc1nc(Cl)nc(N2C(C)(C)CC(OCC=C)CC2(C)C)n1. The van der Waals surface area contributed by atoms with Gasteiger partial charge in [-0.1, -0.05) is 18.7 Å². The summed E-state index contributed by atoms with van der Waals surface area (Å²) in [4.78, 5) is 15.0. The number of hydrogen-bond acceptors (Lipinski definition) is 6. The van der Waals surface area contributed by atoms with Gasteiger partial charge in [0.05, 0.1) is 12.7 Å². The molecule has 1 aliphatic heterocycles. The monoisotopic (exact) mass is 366 g/mol. The van der Waals surface area contributed by atoms with Crippen LogP contribution in [0.5, 0.6) is 6.01 Å². The van der Waals surface area contributed by atoms with Crippen molar-refractivity contribution in [3.05, 3.63) is 30.6 Å². The maximum absolute atomic E-state index is 6.10. The van der Waals surface area contributed by atoms with Crippen LogP contribution in [0, 0.1) is 0 Å². The van der Waals surface area contributed by atoms with E-state index in [-0.39, 0.29) is 28.5 Å². The van der Waals surface area contributed by atoms with E-state index >= 15 is 0 Å². The number of halogens is 1. The van der Waals surface area contributed by atoms with Crippen LogP contribution < -0.4 is 9.64 Å². The van der Waals surface area contributed by atoms with Crippen molar-refractivity contribution in [3.8, 4) is 6.01 Å². The van der Waals surface area contributed by atoms with Gasteiger partial charge in [0.25, 0.3) is 0 Å². The maximum Gasteiger partial charge on any atom is 0.322 e. The topological polar surface area (TPSA) is 60.4 Å². The zero-order valence-electron chi connectivity index (χ0n) is 15.5. The predicted molar refractivity (Wildman–Crippen MR) is 100 cm³/mol. The lowest BCUT2D eigenvalue weighted by Gasteiger charge is -2.55. The first-order valence-electron chi connectivity index (χ1n) is 8.38. The smallest absolute Gasteiger partial charge is 0.322 e. The van der Waals surface area contributed by atoms with E-state index in [4.69, 9.17) is 21.1 Å². The molecule has 0 aromatic carbocycles. The normalized spacial score (nSPS) is 19.5. The predicted octanol–water partition coefficient (Wildman–Crippen LogP) is 3.82. The molecule has 0 amide bonds.